The van der Waals surface area contributed by atoms with Crippen molar-refractivity contribution in [1.82, 2.24) is 0 Å². The summed E-state index contributed by atoms with van der Waals surface area (Å²) >= 11 is 6.72. The molecule has 138 valence electrons. The molecule has 0 aromatic heterocycles. The highest BCUT2D eigenvalue weighted by Gasteiger charge is 2.28. The van der Waals surface area contributed by atoms with Crippen molar-refractivity contribution < 1.29 is 27.4 Å². The summed E-state index contributed by atoms with van der Waals surface area (Å²) in [5, 5.41) is 2.84. The number of carbonyl (C=O) groups excluding carboxylic acids is 1. The molecule has 1 aliphatic rings. The van der Waals surface area contributed by atoms with Crippen molar-refractivity contribution >= 4 is 35.0 Å². The molecule has 0 aliphatic carbocycles. The maximum absolute atomic E-state index is 12.5. The van der Waals surface area contributed by atoms with E-state index < -0.39 is 17.8 Å². The summed E-state index contributed by atoms with van der Waals surface area (Å²) in [5.74, 6) is -0.830. The Labute approximate surface area is 156 Å². The Bertz CT molecular complexity index is 829. The van der Waals surface area contributed by atoms with Crippen molar-refractivity contribution in [2.24, 2.45) is 0 Å². The predicted octanol–water partition coefficient (Wildman–Crippen LogP) is 5.02. The van der Waals surface area contributed by atoms with Gasteiger partial charge in [0.15, 0.2) is 11.5 Å². The maximum atomic E-state index is 12.5. The number of alkyl halides is 3. The largest absolute Gasteiger partial charge is 0.486 e. The summed E-state index contributed by atoms with van der Waals surface area (Å²) < 4.78 is 48.2. The predicted molar refractivity (Wildman–Crippen MR) is 93.6 cm³/mol. The van der Waals surface area contributed by atoms with Crippen molar-refractivity contribution in [2.45, 2.75) is 11.1 Å². The fourth-order valence-corrected chi connectivity index (χ4v) is 3.33. The lowest BCUT2D eigenvalue weighted by Crippen LogP contribution is -2.18. The highest BCUT2D eigenvalue weighted by molar-refractivity contribution is 7.99. The number of para-hydroxylation sites is 1. The van der Waals surface area contributed by atoms with E-state index in [0.717, 1.165) is 0 Å². The van der Waals surface area contributed by atoms with Gasteiger partial charge in [-0.3, -0.25) is 4.79 Å². The Hall–Kier alpha value is -2.06. The van der Waals surface area contributed by atoms with Crippen LogP contribution in [-0.4, -0.2) is 31.1 Å². The first-order chi connectivity index (χ1) is 12.3. The molecule has 4 nitrogen and oxygen atoms in total. The van der Waals surface area contributed by atoms with E-state index in [-0.39, 0.29) is 16.3 Å². The Morgan fingerprint density at radius 1 is 1.19 bits per heavy atom. The SMILES string of the molecule is O=C(Nc1ccccc1SCC(F)(F)F)c1cc(Cl)c2c(c1)OCCO2. The molecule has 1 amide bonds. The zero-order valence-electron chi connectivity index (χ0n) is 13.2. The molecule has 0 unspecified atom stereocenters. The first-order valence-electron chi connectivity index (χ1n) is 7.52. The van der Waals surface area contributed by atoms with Crippen LogP contribution in [0, 0.1) is 0 Å². The molecule has 1 heterocycles. The van der Waals surface area contributed by atoms with Gasteiger partial charge in [0.1, 0.15) is 13.2 Å². The van der Waals surface area contributed by atoms with E-state index in [0.29, 0.717) is 41.4 Å². The number of benzene rings is 2. The number of carbonyl (C=O) groups is 1. The summed E-state index contributed by atoms with van der Waals surface area (Å²) in [7, 11) is 0. The van der Waals surface area contributed by atoms with Crippen molar-refractivity contribution in [2.75, 3.05) is 24.3 Å². The van der Waals surface area contributed by atoms with E-state index in [2.05, 4.69) is 5.32 Å². The molecule has 0 radical (unpaired) electrons. The van der Waals surface area contributed by atoms with Crippen LogP contribution in [0.1, 0.15) is 10.4 Å². The highest BCUT2D eigenvalue weighted by atomic mass is 35.5. The summed E-state index contributed by atoms with van der Waals surface area (Å²) in [6.45, 7) is 0.702. The third-order valence-corrected chi connectivity index (χ3v) is 4.81. The van der Waals surface area contributed by atoms with Crippen LogP contribution in [0.4, 0.5) is 18.9 Å². The molecular formula is C17H13ClF3NO3S. The highest BCUT2D eigenvalue weighted by Crippen LogP contribution is 2.39. The molecule has 2 aromatic rings. The van der Waals surface area contributed by atoms with E-state index in [1.54, 1.807) is 12.1 Å². The van der Waals surface area contributed by atoms with Crippen molar-refractivity contribution in [3.05, 3.63) is 47.0 Å². The molecule has 9 heteroatoms. The zero-order valence-corrected chi connectivity index (χ0v) is 14.8. The van der Waals surface area contributed by atoms with Gasteiger partial charge in [0.2, 0.25) is 0 Å². The van der Waals surface area contributed by atoms with Gasteiger partial charge in [-0.15, -0.1) is 11.8 Å². The Balaban J connectivity index is 1.79. The molecule has 0 bridgehead atoms. The molecule has 0 fully saturated rings. The fraction of sp³-hybridized carbons (Fsp3) is 0.235. The van der Waals surface area contributed by atoms with Gasteiger partial charge in [-0.05, 0) is 24.3 Å². The van der Waals surface area contributed by atoms with Crippen molar-refractivity contribution in [3.63, 3.8) is 0 Å². The number of hydrogen-bond acceptors (Lipinski definition) is 4. The lowest BCUT2D eigenvalue weighted by Gasteiger charge is -2.20. The number of thioether (sulfide) groups is 1. The molecule has 0 saturated carbocycles. The van der Waals surface area contributed by atoms with Gasteiger partial charge >= 0.3 is 6.18 Å². The van der Waals surface area contributed by atoms with E-state index >= 15 is 0 Å². The third kappa shape index (κ3) is 4.56. The molecule has 26 heavy (non-hydrogen) atoms. The van der Waals surface area contributed by atoms with Gasteiger partial charge < -0.3 is 14.8 Å². The minimum atomic E-state index is -4.30. The minimum Gasteiger partial charge on any atom is -0.486 e. The molecule has 1 N–H and O–H groups in total. The number of hydrogen-bond donors (Lipinski definition) is 1. The molecule has 3 rings (SSSR count). The first kappa shape index (κ1) is 18.7. The first-order valence-corrected chi connectivity index (χ1v) is 8.89. The Morgan fingerprint density at radius 3 is 2.69 bits per heavy atom. The van der Waals surface area contributed by atoms with E-state index in [4.69, 9.17) is 21.1 Å². The lowest BCUT2D eigenvalue weighted by molar-refractivity contribution is -0.105. The number of halogens is 4. The third-order valence-electron chi connectivity index (χ3n) is 3.39. The number of anilines is 1. The molecule has 0 atom stereocenters. The maximum Gasteiger partial charge on any atom is 0.398 e. The number of rotatable bonds is 4. The smallest absolute Gasteiger partial charge is 0.398 e. The zero-order chi connectivity index (χ0) is 18.7. The van der Waals surface area contributed by atoms with Crippen LogP contribution < -0.4 is 14.8 Å². The average Bonchev–Trinajstić information content (AvgIpc) is 2.60. The van der Waals surface area contributed by atoms with Gasteiger partial charge in [-0.25, -0.2) is 0 Å². The second-order valence-electron chi connectivity index (χ2n) is 5.34. The minimum absolute atomic E-state index is 0.217. The van der Waals surface area contributed by atoms with Crippen LogP contribution in [0.2, 0.25) is 5.02 Å². The van der Waals surface area contributed by atoms with Crippen molar-refractivity contribution in [1.29, 1.82) is 0 Å². The quantitative estimate of drug-likeness (QED) is 0.728. The average molecular weight is 404 g/mol. The number of amides is 1. The molecule has 0 spiro atoms. The van der Waals surface area contributed by atoms with Crippen LogP contribution in [0.3, 0.4) is 0 Å². The summed E-state index contributed by atoms with van der Waals surface area (Å²) in [5.41, 5.74) is 0.507. The van der Waals surface area contributed by atoms with Crippen LogP contribution in [-0.2, 0) is 0 Å². The van der Waals surface area contributed by atoms with Crippen LogP contribution in [0.15, 0.2) is 41.3 Å². The van der Waals surface area contributed by atoms with Gasteiger partial charge in [-0.1, -0.05) is 23.7 Å². The lowest BCUT2D eigenvalue weighted by atomic mass is 10.1. The van der Waals surface area contributed by atoms with Gasteiger partial charge in [0, 0.05) is 10.5 Å². The number of ether oxygens (including phenoxy) is 2. The number of fused-ring (bicyclic) bond motifs is 1. The topological polar surface area (TPSA) is 47.6 Å². The normalized spacial score (nSPS) is 13.4. The standard InChI is InChI=1S/C17H13ClF3NO3S/c18-11-7-10(8-13-15(11)25-6-5-24-13)16(23)22-12-3-1-2-4-14(12)26-9-17(19,20)21/h1-4,7-8H,5-6,9H2,(H,22,23). The Morgan fingerprint density at radius 2 is 1.92 bits per heavy atom. The summed E-state index contributed by atoms with van der Waals surface area (Å²) in [6.07, 6.45) is -4.30. The van der Waals surface area contributed by atoms with Crippen molar-refractivity contribution in [3.8, 4) is 11.5 Å². The molecule has 0 saturated heterocycles. The van der Waals surface area contributed by atoms with Crippen LogP contribution >= 0.6 is 23.4 Å². The second kappa shape index (κ2) is 7.67. The van der Waals surface area contributed by atoms with E-state index in [1.165, 1.54) is 24.3 Å². The molecular weight excluding hydrogens is 391 g/mol. The monoisotopic (exact) mass is 403 g/mol. The van der Waals surface area contributed by atoms with Gasteiger partial charge in [-0.2, -0.15) is 13.2 Å². The second-order valence-corrected chi connectivity index (χ2v) is 6.76. The Kier molecular flexibility index (Phi) is 5.52. The number of nitrogens with one attached hydrogen (secondary N) is 1. The van der Waals surface area contributed by atoms with E-state index in [1.807, 2.05) is 0 Å². The summed E-state index contributed by atoms with van der Waals surface area (Å²) in [6, 6.07) is 9.20. The van der Waals surface area contributed by atoms with Crippen LogP contribution in [0.5, 0.6) is 11.5 Å². The van der Waals surface area contributed by atoms with Crippen LogP contribution in [0.25, 0.3) is 0 Å². The van der Waals surface area contributed by atoms with Gasteiger partial charge in [0.25, 0.3) is 5.91 Å². The summed E-state index contributed by atoms with van der Waals surface area (Å²) in [4.78, 5) is 12.8. The molecule has 2 aromatic carbocycles. The fourth-order valence-electron chi connectivity index (χ4n) is 2.29. The molecule has 1 aliphatic heterocycles. The van der Waals surface area contributed by atoms with E-state index in [9.17, 15) is 18.0 Å². The van der Waals surface area contributed by atoms with Gasteiger partial charge in [0.05, 0.1) is 16.5 Å².